The summed E-state index contributed by atoms with van der Waals surface area (Å²) < 4.78 is 5.16. The summed E-state index contributed by atoms with van der Waals surface area (Å²) >= 11 is 0. The van der Waals surface area contributed by atoms with E-state index < -0.39 is 5.97 Å². The number of aliphatic carboxylic acids is 1. The summed E-state index contributed by atoms with van der Waals surface area (Å²) in [6.07, 6.45) is 7.67. The summed E-state index contributed by atoms with van der Waals surface area (Å²) in [7, 11) is 1.64. The second-order valence-corrected chi connectivity index (χ2v) is 5.81. The third-order valence-electron chi connectivity index (χ3n) is 4.35. The number of carboxylic acids is 1. The highest BCUT2D eigenvalue weighted by Crippen LogP contribution is 2.35. The van der Waals surface area contributed by atoms with Gasteiger partial charge in [0.2, 0.25) is 0 Å². The molecule has 3 nitrogen and oxygen atoms in total. The molecule has 1 saturated carbocycles. The van der Waals surface area contributed by atoms with Gasteiger partial charge in [-0.1, -0.05) is 44.2 Å². The fourth-order valence-electron chi connectivity index (χ4n) is 3.25. The van der Waals surface area contributed by atoms with Gasteiger partial charge in [0.1, 0.15) is 5.75 Å². The Bertz CT molecular complexity index is 418. The Morgan fingerprint density at radius 3 is 2.45 bits per heavy atom. The second-order valence-electron chi connectivity index (χ2n) is 5.81. The number of carbonyl (C=O) groups is 1. The lowest BCUT2D eigenvalue weighted by Crippen LogP contribution is -2.14. The van der Waals surface area contributed by atoms with E-state index in [1.165, 1.54) is 32.1 Å². The predicted molar refractivity (Wildman–Crippen MR) is 79.2 cm³/mol. The molecule has 0 saturated heterocycles. The van der Waals surface area contributed by atoms with E-state index in [0.717, 1.165) is 17.7 Å². The Balaban J connectivity index is 2.06. The molecule has 0 radical (unpaired) electrons. The van der Waals surface area contributed by atoms with Gasteiger partial charge in [-0.25, -0.2) is 0 Å². The van der Waals surface area contributed by atoms with Crippen LogP contribution in [0.1, 0.15) is 56.4 Å². The van der Waals surface area contributed by atoms with Crippen LogP contribution in [0.4, 0.5) is 0 Å². The number of methoxy groups -OCH3 is 1. The van der Waals surface area contributed by atoms with Crippen molar-refractivity contribution in [2.75, 3.05) is 7.11 Å². The van der Waals surface area contributed by atoms with E-state index in [2.05, 4.69) is 0 Å². The SMILES string of the molecule is COc1ccc(C(CC(=O)O)CC2CCCCC2)cc1. The minimum Gasteiger partial charge on any atom is -0.497 e. The number of hydrogen-bond acceptors (Lipinski definition) is 2. The zero-order valence-electron chi connectivity index (χ0n) is 12.2. The van der Waals surface area contributed by atoms with E-state index in [-0.39, 0.29) is 12.3 Å². The summed E-state index contributed by atoms with van der Waals surface area (Å²) in [5.74, 6) is 0.929. The standard InChI is InChI=1S/C17H24O3/c1-20-16-9-7-14(8-10-16)15(12-17(18)19)11-13-5-3-2-4-6-13/h7-10,13,15H,2-6,11-12H2,1H3,(H,18,19). The van der Waals surface area contributed by atoms with E-state index in [9.17, 15) is 4.79 Å². The summed E-state index contributed by atoms with van der Waals surface area (Å²) in [5, 5.41) is 9.15. The number of ether oxygens (including phenoxy) is 1. The molecule has 1 aromatic rings. The number of hydrogen-bond donors (Lipinski definition) is 1. The Morgan fingerprint density at radius 1 is 1.25 bits per heavy atom. The van der Waals surface area contributed by atoms with Crippen LogP contribution in [0.3, 0.4) is 0 Å². The third kappa shape index (κ3) is 4.26. The van der Waals surface area contributed by atoms with Crippen molar-refractivity contribution >= 4 is 5.97 Å². The van der Waals surface area contributed by atoms with Crippen LogP contribution < -0.4 is 4.74 Å². The van der Waals surface area contributed by atoms with Crippen molar-refractivity contribution in [1.29, 1.82) is 0 Å². The molecule has 0 heterocycles. The van der Waals surface area contributed by atoms with Gasteiger partial charge >= 0.3 is 5.97 Å². The first kappa shape index (κ1) is 14.9. The Hall–Kier alpha value is -1.51. The lowest BCUT2D eigenvalue weighted by atomic mass is 9.79. The van der Waals surface area contributed by atoms with Crippen LogP contribution in [0, 0.1) is 5.92 Å². The lowest BCUT2D eigenvalue weighted by Gasteiger charge is -2.26. The summed E-state index contributed by atoms with van der Waals surface area (Å²) in [4.78, 5) is 11.1. The second kappa shape index (κ2) is 7.32. The molecule has 2 rings (SSSR count). The topological polar surface area (TPSA) is 46.5 Å². The van der Waals surface area contributed by atoms with Crippen LogP contribution in [-0.4, -0.2) is 18.2 Å². The minimum absolute atomic E-state index is 0.126. The molecule has 0 aliphatic heterocycles. The van der Waals surface area contributed by atoms with Crippen molar-refractivity contribution in [3.05, 3.63) is 29.8 Å². The van der Waals surface area contributed by atoms with Gasteiger partial charge < -0.3 is 9.84 Å². The molecule has 1 aliphatic rings. The van der Waals surface area contributed by atoms with E-state index in [0.29, 0.717) is 5.92 Å². The van der Waals surface area contributed by atoms with Gasteiger partial charge in [0.15, 0.2) is 0 Å². The normalized spacial score (nSPS) is 17.6. The zero-order valence-corrected chi connectivity index (χ0v) is 12.2. The average molecular weight is 276 g/mol. The molecule has 110 valence electrons. The van der Waals surface area contributed by atoms with Crippen molar-refractivity contribution < 1.29 is 14.6 Å². The van der Waals surface area contributed by atoms with Crippen molar-refractivity contribution in [1.82, 2.24) is 0 Å². The largest absolute Gasteiger partial charge is 0.497 e. The summed E-state index contributed by atoms with van der Waals surface area (Å²) in [6, 6.07) is 7.86. The Kier molecular flexibility index (Phi) is 5.45. The van der Waals surface area contributed by atoms with Crippen molar-refractivity contribution in [3.8, 4) is 5.75 Å². The van der Waals surface area contributed by atoms with Gasteiger partial charge in [0.05, 0.1) is 13.5 Å². The fourth-order valence-corrected chi connectivity index (χ4v) is 3.25. The predicted octanol–water partition coefficient (Wildman–Crippen LogP) is 4.22. The summed E-state index contributed by atoms with van der Waals surface area (Å²) in [5.41, 5.74) is 1.12. The first-order valence-corrected chi connectivity index (χ1v) is 7.54. The maximum Gasteiger partial charge on any atom is 0.303 e. The molecule has 0 spiro atoms. The average Bonchev–Trinajstić information content (AvgIpc) is 2.47. The molecular formula is C17H24O3. The number of carboxylic acid groups (broad SMARTS) is 1. The minimum atomic E-state index is -0.707. The third-order valence-corrected chi connectivity index (χ3v) is 4.35. The lowest BCUT2D eigenvalue weighted by molar-refractivity contribution is -0.137. The number of benzene rings is 1. The summed E-state index contributed by atoms with van der Waals surface area (Å²) in [6.45, 7) is 0. The van der Waals surface area contributed by atoms with Crippen LogP contribution in [-0.2, 0) is 4.79 Å². The molecular weight excluding hydrogens is 252 g/mol. The van der Waals surface area contributed by atoms with Gasteiger partial charge in [-0.3, -0.25) is 4.79 Å². The Labute approximate surface area is 121 Å². The van der Waals surface area contributed by atoms with E-state index in [4.69, 9.17) is 9.84 Å². The van der Waals surface area contributed by atoms with Crippen LogP contribution in [0.5, 0.6) is 5.75 Å². The van der Waals surface area contributed by atoms with Gasteiger partial charge in [0, 0.05) is 0 Å². The molecule has 3 heteroatoms. The van der Waals surface area contributed by atoms with Crippen molar-refractivity contribution in [2.24, 2.45) is 5.92 Å². The smallest absolute Gasteiger partial charge is 0.303 e. The quantitative estimate of drug-likeness (QED) is 0.846. The van der Waals surface area contributed by atoms with Gasteiger partial charge in [-0.05, 0) is 36.0 Å². The highest BCUT2D eigenvalue weighted by atomic mass is 16.5. The monoisotopic (exact) mass is 276 g/mol. The van der Waals surface area contributed by atoms with Crippen LogP contribution in [0.2, 0.25) is 0 Å². The molecule has 1 atom stereocenters. The molecule has 0 aromatic heterocycles. The van der Waals surface area contributed by atoms with Crippen LogP contribution >= 0.6 is 0 Å². The van der Waals surface area contributed by atoms with E-state index in [1.54, 1.807) is 7.11 Å². The maximum absolute atomic E-state index is 11.1. The van der Waals surface area contributed by atoms with Gasteiger partial charge in [-0.2, -0.15) is 0 Å². The molecule has 0 bridgehead atoms. The first-order chi connectivity index (χ1) is 9.69. The van der Waals surface area contributed by atoms with Gasteiger partial charge in [0.25, 0.3) is 0 Å². The van der Waals surface area contributed by atoms with Crippen molar-refractivity contribution in [3.63, 3.8) is 0 Å². The van der Waals surface area contributed by atoms with E-state index >= 15 is 0 Å². The molecule has 1 fully saturated rings. The molecule has 1 N–H and O–H groups in total. The molecule has 1 unspecified atom stereocenters. The van der Waals surface area contributed by atoms with Gasteiger partial charge in [-0.15, -0.1) is 0 Å². The van der Waals surface area contributed by atoms with Crippen LogP contribution in [0.25, 0.3) is 0 Å². The number of rotatable bonds is 6. The van der Waals surface area contributed by atoms with E-state index in [1.807, 2.05) is 24.3 Å². The fraction of sp³-hybridized carbons (Fsp3) is 0.588. The highest BCUT2D eigenvalue weighted by molar-refractivity contribution is 5.68. The zero-order chi connectivity index (χ0) is 14.4. The molecule has 0 amide bonds. The highest BCUT2D eigenvalue weighted by Gasteiger charge is 2.22. The first-order valence-electron chi connectivity index (χ1n) is 7.54. The molecule has 1 aromatic carbocycles. The van der Waals surface area contributed by atoms with Crippen LogP contribution in [0.15, 0.2) is 24.3 Å². The Morgan fingerprint density at radius 2 is 1.90 bits per heavy atom. The molecule has 20 heavy (non-hydrogen) atoms. The van der Waals surface area contributed by atoms with Crippen molar-refractivity contribution in [2.45, 2.75) is 50.9 Å². The molecule has 1 aliphatic carbocycles. The maximum atomic E-state index is 11.1.